The van der Waals surface area contributed by atoms with E-state index in [1.54, 1.807) is 10.6 Å². The van der Waals surface area contributed by atoms with Gasteiger partial charge in [0.15, 0.2) is 0 Å². The molecule has 0 spiro atoms. The van der Waals surface area contributed by atoms with Crippen LogP contribution in [-0.2, 0) is 4.84 Å². The van der Waals surface area contributed by atoms with Crippen LogP contribution in [-0.4, -0.2) is 46.6 Å². The van der Waals surface area contributed by atoms with Crippen molar-refractivity contribution in [1.82, 2.24) is 4.57 Å². The van der Waals surface area contributed by atoms with Gasteiger partial charge in [0.2, 0.25) is 5.43 Å². The lowest BCUT2D eigenvalue weighted by molar-refractivity contribution is -0.000438. The summed E-state index contributed by atoms with van der Waals surface area (Å²) in [7, 11) is 0. The van der Waals surface area contributed by atoms with Gasteiger partial charge in [0, 0.05) is 36.1 Å². The van der Waals surface area contributed by atoms with Gasteiger partial charge in [-0.1, -0.05) is 12.1 Å². The summed E-state index contributed by atoms with van der Waals surface area (Å²) in [6.45, 7) is 8.77. The topological polar surface area (TPSA) is 110 Å². The molecule has 0 bridgehead atoms. The number of aromatic carboxylic acids is 1. The van der Waals surface area contributed by atoms with Gasteiger partial charge < -0.3 is 25.1 Å². The van der Waals surface area contributed by atoms with E-state index in [4.69, 9.17) is 10.6 Å². The highest BCUT2D eigenvalue weighted by Gasteiger charge is 2.41. The number of carbonyl (C=O) groups is 1. The maximum absolute atomic E-state index is 15.3. The summed E-state index contributed by atoms with van der Waals surface area (Å²) in [6, 6.07) is 2.90. The van der Waals surface area contributed by atoms with Crippen LogP contribution in [0, 0.1) is 11.2 Å². The van der Waals surface area contributed by atoms with Crippen LogP contribution in [0.5, 0.6) is 0 Å². The van der Waals surface area contributed by atoms with Crippen molar-refractivity contribution in [2.24, 2.45) is 16.3 Å². The first-order valence-corrected chi connectivity index (χ1v) is 10.8. The zero-order valence-corrected chi connectivity index (χ0v) is 18.8. The fourth-order valence-electron chi connectivity index (χ4n) is 4.03. The van der Waals surface area contributed by atoms with E-state index in [1.165, 1.54) is 6.20 Å². The molecule has 1 saturated heterocycles. The van der Waals surface area contributed by atoms with E-state index in [-0.39, 0.29) is 17.0 Å². The summed E-state index contributed by atoms with van der Waals surface area (Å²) in [5, 5.41) is 13.8. The van der Waals surface area contributed by atoms with E-state index >= 15 is 4.39 Å². The molecule has 9 heteroatoms. The second kappa shape index (κ2) is 7.58. The average molecular weight is 445 g/mol. The number of nitrogens with two attached hydrogens (primary N) is 1. The molecule has 1 aromatic carbocycles. The molecule has 2 aromatic rings. The highest BCUT2D eigenvalue weighted by Crippen LogP contribution is 2.39. The Balaban J connectivity index is 1.81. The molecule has 1 aromatic heterocycles. The van der Waals surface area contributed by atoms with E-state index in [0.29, 0.717) is 30.8 Å². The van der Waals surface area contributed by atoms with Gasteiger partial charge >= 0.3 is 5.97 Å². The molecule has 1 aliphatic heterocycles. The lowest BCUT2D eigenvalue weighted by atomic mass is 9.88. The molecule has 1 saturated carbocycles. The van der Waals surface area contributed by atoms with Crippen molar-refractivity contribution in [3.63, 3.8) is 0 Å². The third kappa shape index (κ3) is 3.97. The zero-order chi connectivity index (χ0) is 23.4. The maximum atomic E-state index is 15.3. The quantitative estimate of drug-likeness (QED) is 0.686. The lowest BCUT2D eigenvalue weighted by Crippen LogP contribution is -2.36. The van der Waals surface area contributed by atoms with Crippen LogP contribution in [0.1, 0.15) is 56.9 Å². The van der Waals surface area contributed by atoms with Crippen LogP contribution in [0.25, 0.3) is 10.9 Å². The second-order valence-electron chi connectivity index (χ2n) is 10.00. The van der Waals surface area contributed by atoms with Crippen molar-refractivity contribution in [3.8, 4) is 0 Å². The summed E-state index contributed by atoms with van der Waals surface area (Å²) in [5.41, 5.74) is 5.66. The molecular formula is C23H29FN4O4. The Kier molecular flexibility index (Phi) is 5.27. The van der Waals surface area contributed by atoms with E-state index in [2.05, 4.69) is 5.16 Å². The van der Waals surface area contributed by atoms with Gasteiger partial charge in [-0.25, -0.2) is 9.18 Å². The summed E-state index contributed by atoms with van der Waals surface area (Å²) in [4.78, 5) is 31.7. The molecule has 172 valence electrons. The van der Waals surface area contributed by atoms with Gasteiger partial charge in [0.1, 0.15) is 17.0 Å². The fraction of sp³-hybridized carbons (Fsp3) is 0.522. The lowest BCUT2D eigenvalue weighted by Gasteiger charge is -2.24. The fourth-order valence-corrected chi connectivity index (χ4v) is 4.03. The van der Waals surface area contributed by atoms with Gasteiger partial charge in [-0.05, 0) is 45.7 Å². The first kappa shape index (κ1) is 22.3. The first-order valence-electron chi connectivity index (χ1n) is 10.8. The molecule has 0 radical (unpaired) electrons. The largest absolute Gasteiger partial charge is 0.477 e. The molecule has 4 rings (SSSR count). The van der Waals surface area contributed by atoms with Crippen LogP contribution < -0.4 is 16.1 Å². The highest BCUT2D eigenvalue weighted by atomic mass is 19.1. The number of rotatable bonds is 5. The molecule has 2 heterocycles. The van der Waals surface area contributed by atoms with Gasteiger partial charge in [0.05, 0.1) is 23.5 Å². The number of nitrogens with zero attached hydrogens (tertiary/aromatic N) is 3. The monoisotopic (exact) mass is 444 g/mol. The SMILES string of the molecule is CC(C)(C)O/N=C1\CN(c2cc3c(cc2F)c(=O)c(C(=O)O)cn3C2CC2)CC1(C)CN. The molecule has 1 atom stereocenters. The smallest absolute Gasteiger partial charge is 0.341 e. The highest BCUT2D eigenvalue weighted by molar-refractivity contribution is 5.98. The number of hydrogen-bond acceptors (Lipinski definition) is 6. The molecule has 3 N–H and O–H groups in total. The van der Waals surface area contributed by atoms with Crippen molar-refractivity contribution >= 4 is 28.3 Å². The summed E-state index contributed by atoms with van der Waals surface area (Å²) < 4.78 is 17.0. The minimum Gasteiger partial charge on any atom is -0.477 e. The Hall–Kier alpha value is -2.94. The van der Waals surface area contributed by atoms with Gasteiger partial charge in [-0.15, -0.1) is 0 Å². The standard InChI is InChI=1S/C23H29FN4O4/c1-22(2,3)32-26-19-10-27(12-23(19,4)11-25)18-8-17-14(7-16(18)24)20(29)15(21(30)31)9-28(17)13-5-6-13/h7-9,13H,5-6,10-12,25H2,1-4H3,(H,30,31)/b26-19+. The van der Waals surface area contributed by atoms with Crippen LogP contribution in [0.15, 0.2) is 28.3 Å². The van der Waals surface area contributed by atoms with Crippen molar-refractivity contribution in [3.05, 3.63) is 39.9 Å². The van der Waals surface area contributed by atoms with E-state index in [9.17, 15) is 14.7 Å². The van der Waals surface area contributed by atoms with Gasteiger partial charge in [-0.3, -0.25) is 4.79 Å². The Labute approximate surface area is 185 Å². The summed E-state index contributed by atoms with van der Waals surface area (Å²) in [6.07, 6.45) is 3.16. The number of carboxylic acid groups (broad SMARTS) is 1. The van der Waals surface area contributed by atoms with E-state index in [1.807, 2.05) is 32.6 Å². The Morgan fingerprint density at radius 1 is 1.38 bits per heavy atom. The van der Waals surface area contributed by atoms with Crippen molar-refractivity contribution in [2.45, 2.75) is 52.2 Å². The predicted octanol–water partition coefficient (Wildman–Crippen LogP) is 3.13. The maximum Gasteiger partial charge on any atom is 0.341 e. The number of carboxylic acids is 1. The third-order valence-corrected chi connectivity index (χ3v) is 6.07. The van der Waals surface area contributed by atoms with Crippen LogP contribution >= 0.6 is 0 Å². The molecule has 32 heavy (non-hydrogen) atoms. The average Bonchev–Trinajstić information content (AvgIpc) is 3.49. The van der Waals surface area contributed by atoms with Gasteiger partial charge in [-0.2, -0.15) is 0 Å². The summed E-state index contributed by atoms with van der Waals surface area (Å²) >= 11 is 0. The summed E-state index contributed by atoms with van der Waals surface area (Å²) in [5.74, 6) is -1.90. The molecule has 2 fully saturated rings. The van der Waals surface area contributed by atoms with Crippen molar-refractivity contribution in [1.29, 1.82) is 0 Å². The number of fused-ring (bicyclic) bond motifs is 1. The molecule has 1 unspecified atom stereocenters. The minimum atomic E-state index is -1.31. The van der Waals surface area contributed by atoms with Crippen LogP contribution in [0.4, 0.5) is 10.1 Å². The van der Waals surface area contributed by atoms with Crippen LogP contribution in [0.3, 0.4) is 0 Å². The number of halogens is 1. The molecule has 2 aliphatic rings. The minimum absolute atomic E-state index is 0.0730. The predicted molar refractivity (Wildman–Crippen MR) is 121 cm³/mol. The first-order chi connectivity index (χ1) is 14.9. The Morgan fingerprint density at radius 2 is 2.06 bits per heavy atom. The van der Waals surface area contributed by atoms with Crippen LogP contribution in [0.2, 0.25) is 0 Å². The Bertz CT molecular complexity index is 1180. The number of oxime groups is 1. The molecule has 0 amide bonds. The normalized spacial score (nSPS) is 22.7. The van der Waals surface area contributed by atoms with Crippen molar-refractivity contribution in [2.75, 3.05) is 24.5 Å². The number of anilines is 1. The zero-order valence-electron chi connectivity index (χ0n) is 18.8. The Morgan fingerprint density at radius 3 is 2.62 bits per heavy atom. The number of hydrogen-bond donors (Lipinski definition) is 2. The molecule has 8 nitrogen and oxygen atoms in total. The second-order valence-corrected chi connectivity index (χ2v) is 10.00. The van der Waals surface area contributed by atoms with Crippen molar-refractivity contribution < 1.29 is 19.1 Å². The molecular weight excluding hydrogens is 415 g/mol. The molecule has 1 aliphatic carbocycles. The number of pyridine rings is 1. The van der Waals surface area contributed by atoms with E-state index < -0.39 is 28.2 Å². The van der Waals surface area contributed by atoms with E-state index in [0.717, 1.165) is 24.6 Å². The van der Waals surface area contributed by atoms with Gasteiger partial charge in [0.25, 0.3) is 0 Å². The third-order valence-electron chi connectivity index (χ3n) is 6.07. The number of aromatic nitrogens is 1. The number of benzene rings is 1.